The summed E-state index contributed by atoms with van der Waals surface area (Å²) in [5.41, 5.74) is 0.485. The number of hydrogen-bond donors (Lipinski definition) is 0. The van der Waals surface area contributed by atoms with Crippen LogP contribution in [0, 0.1) is 5.92 Å². The Labute approximate surface area is 70.3 Å². The lowest BCUT2D eigenvalue weighted by Crippen LogP contribution is -1.91. The third-order valence-corrected chi connectivity index (χ3v) is 1.38. The molecule has 0 unspecified atom stereocenters. The van der Waals surface area contributed by atoms with Gasteiger partial charge in [0.25, 0.3) is 0 Å². The standard InChI is InChI=1S/C8H10N2O2/c1-6(2)3-8-7(9-5-11)4-10-12-8/h4,6H,3H2,1-2H3. The summed E-state index contributed by atoms with van der Waals surface area (Å²) in [7, 11) is 0. The molecule has 4 nitrogen and oxygen atoms in total. The predicted octanol–water partition coefficient (Wildman–Crippen LogP) is 1.84. The molecule has 64 valence electrons. The molecule has 0 aliphatic carbocycles. The van der Waals surface area contributed by atoms with Crippen molar-refractivity contribution in [2.45, 2.75) is 20.3 Å². The molecule has 0 saturated carbocycles. The second kappa shape index (κ2) is 3.83. The van der Waals surface area contributed by atoms with Gasteiger partial charge in [-0.15, -0.1) is 0 Å². The molecule has 0 aliphatic heterocycles. The van der Waals surface area contributed by atoms with Gasteiger partial charge in [-0.3, -0.25) is 0 Å². The quantitative estimate of drug-likeness (QED) is 0.508. The highest BCUT2D eigenvalue weighted by molar-refractivity contribution is 5.49. The van der Waals surface area contributed by atoms with Gasteiger partial charge in [-0.1, -0.05) is 19.0 Å². The van der Waals surface area contributed by atoms with Crippen LogP contribution in [-0.4, -0.2) is 11.2 Å². The molecule has 0 bridgehead atoms. The van der Waals surface area contributed by atoms with Crippen LogP contribution in [0.1, 0.15) is 19.6 Å². The van der Waals surface area contributed by atoms with Crippen LogP contribution in [0.3, 0.4) is 0 Å². The Bertz CT molecular complexity index is 298. The van der Waals surface area contributed by atoms with Gasteiger partial charge in [0.15, 0.2) is 5.76 Å². The van der Waals surface area contributed by atoms with Crippen molar-refractivity contribution in [2.24, 2.45) is 10.9 Å². The number of isocyanates is 1. The molecule has 0 atom stereocenters. The van der Waals surface area contributed by atoms with E-state index in [0.717, 1.165) is 6.42 Å². The molecule has 1 aromatic heterocycles. The van der Waals surface area contributed by atoms with Crippen LogP contribution in [0.2, 0.25) is 0 Å². The Morgan fingerprint density at radius 2 is 2.50 bits per heavy atom. The molecule has 0 spiro atoms. The van der Waals surface area contributed by atoms with Crippen LogP contribution in [0.5, 0.6) is 0 Å². The molecule has 0 radical (unpaired) electrons. The zero-order valence-electron chi connectivity index (χ0n) is 7.07. The van der Waals surface area contributed by atoms with Gasteiger partial charge in [-0.2, -0.15) is 4.99 Å². The Morgan fingerprint density at radius 3 is 3.08 bits per heavy atom. The minimum atomic E-state index is 0.457. The summed E-state index contributed by atoms with van der Waals surface area (Å²) >= 11 is 0. The van der Waals surface area contributed by atoms with E-state index in [0.29, 0.717) is 17.4 Å². The molecule has 12 heavy (non-hydrogen) atoms. The third-order valence-electron chi connectivity index (χ3n) is 1.38. The monoisotopic (exact) mass is 166 g/mol. The van der Waals surface area contributed by atoms with Crippen LogP contribution in [0.4, 0.5) is 5.69 Å². The average Bonchev–Trinajstić information content (AvgIpc) is 2.37. The van der Waals surface area contributed by atoms with Crippen molar-refractivity contribution in [3.8, 4) is 0 Å². The van der Waals surface area contributed by atoms with Gasteiger partial charge in [0.2, 0.25) is 6.08 Å². The van der Waals surface area contributed by atoms with Crippen molar-refractivity contribution in [1.82, 2.24) is 5.16 Å². The first-order chi connectivity index (χ1) is 5.74. The molecular formula is C8H10N2O2. The van der Waals surface area contributed by atoms with E-state index in [1.54, 1.807) is 0 Å². The average molecular weight is 166 g/mol. The summed E-state index contributed by atoms with van der Waals surface area (Å²) in [5, 5.41) is 3.55. The number of aliphatic imine (C=N–C) groups is 1. The topological polar surface area (TPSA) is 55.5 Å². The van der Waals surface area contributed by atoms with Crippen molar-refractivity contribution in [3.05, 3.63) is 12.0 Å². The summed E-state index contributed by atoms with van der Waals surface area (Å²) in [4.78, 5) is 13.4. The van der Waals surface area contributed by atoms with E-state index in [1.165, 1.54) is 12.3 Å². The number of carbonyl (C=O) groups excluding carboxylic acids is 1. The van der Waals surface area contributed by atoms with Gasteiger partial charge < -0.3 is 4.52 Å². The Balaban J connectivity index is 2.83. The fourth-order valence-corrected chi connectivity index (χ4v) is 0.912. The maximum atomic E-state index is 9.95. The molecule has 0 N–H and O–H groups in total. The fourth-order valence-electron chi connectivity index (χ4n) is 0.912. The van der Waals surface area contributed by atoms with Gasteiger partial charge in [0.1, 0.15) is 5.69 Å². The normalized spacial score (nSPS) is 9.92. The Kier molecular flexibility index (Phi) is 2.77. The highest BCUT2D eigenvalue weighted by Crippen LogP contribution is 2.20. The third kappa shape index (κ3) is 2.04. The zero-order chi connectivity index (χ0) is 8.97. The van der Waals surface area contributed by atoms with Crippen LogP contribution in [0.15, 0.2) is 15.7 Å². The van der Waals surface area contributed by atoms with Gasteiger partial charge in [0.05, 0.1) is 6.20 Å². The van der Waals surface area contributed by atoms with Crippen LogP contribution in [0.25, 0.3) is 0 Å². The largest absolute Gasteiger partial charge is 0.359 e. The lowest BCUT2D eigenvalue weighted by molar-refractivity contribution is 0.369. The SMILES string of the molecule is CC(C)Cc1oncc1N=C=O. The molecule has 4 heteroatoms. The van der Waals surface area contributed by atoms with Crippen molar-refractivity contribution in [3.63, 3.8) is 0 Å². The Hall–Kier alpha value is -1.41. The van der Waals surface area contributed by atoms with E-state index in [9.17, 15) is 4.79 Å². The number of rotatable bonds is 3. The van der Waals surface area contributed by atoms with Crippen molar-refractivity contribution in [2.75, 3.05) is 0 Å². The molecule has 0 aromatic carbocycles. The molecule has 0 aliphatic rings. The lowest BCUT2D eigenvalue weighted by Gasteiger charge is -1.98. The second-order valence-corrected chi connectivity index (χ2v) is 2.94. The summed E-state index contributed by atoms with van der Waals surface area (Å²) in [6, 6.07) is 0. The maximum Gasteiger partial charge on any atom is 0.240 e. The summed E-state index contributed by atoms with van der Waals surface area (Å²) in [6.45, 7) is 4.11. The predicted molar refractivity (Wildman–Crippen MR) is 42.8 cm³/mol. The molecule has 1 rings (SSSR count). The fraction of sp³-hybridized carbons (Fsp3) is 0.500. The van der Waals surface area contributed by atoms with Gasteiger partial charge in [-0.05, 0) is 5.92 Å². The molecule has 1 aromatic rings. The van der Waals surface area contributed by atoms with E-state index >= 15 is 0 Å². The van der Waals surface area contributed by atoms with E-state index in [4.69, 9.17) is 4.52 Å². The number of hydrogen-bond acceptors (Lipinski definition) is 4. The van der Waals surface area contributed by atoms with E-state index in [2.05, 4.69) is 24.0 Å². The summed E-state index contributed by atoms with van der Waals surface area (Å²) < 4.78 is 4.91. The summed E-state index contributed by atoms with van der Waals surface area (Å²) in [6.07, 6.45) is 3.61. The Morgan fingerprint density at radius 1 is 1.75 bits per heavy atom. The minimum Gasteiger partial charge on any atom is -0.359 e. The van der Waals surface area contributed by atoms with Crippen molar-refractivity contribution in [1.29, 1.82) is 0 Å². The lowest BCUT2D eigenvalue weighted by atomic mass is 10.1. The highest BCUT2D eigenvalue weighted by atomic mass is 16.5. The highest BCUT2D eigenvalue weighted by Gasteiger charge is 2.08. The first-order valence-corrected chi connectivity index (χ1v) is 3.75. The van der Waals surface area contributed by atoms with Crippen molar-refractivity contribution < 1.29 is 9.32 Å². The zero-order valence-corrected chi connectivity index (χ0v) is 7.07. The molecule has 0 fully saturated rings. The molecule has 0 amide bonds. The van der Waals surface area contributed by atoms with Gasteiger partial charge in [0, 0.05) is 6.42 Å². The maximum absolute atomic E-state index is 9.95. The van der Waals surface area contributed by atoms with Crippen LogP contribution < -0.4 is 0 Å². The summed E-state index contributed by atoms with van der Waals surface area (Å²) in [5.74, 6) is 1.10. The second-order valence-electron chi connectivity index (χ2n) is 2.94. The number of aromatic nitrogens is 1. The van der Waals surface area contributed by atoms with Crippen LogP contribution in [-0.2, 0) is 11.2 Å². The van der Waals surface area contributed by atoms with Gasteiger partial charge >= 0.3 is 0 Å². The van der Waals surface area contributed by atoms with Crippen molar-refractivity contribution >= 4 is 11.8 Å². The smallest absolute Gasteiger partial charge is 0.240 e. The first-order valence-electron chi connectivity index (χ1n) is 3.75. The molecule has 1 heterocycles. The minimum absolute atomic E-state index is 0.457. The number of nitrogens with zero attached hydrogens (tertiary/aromatic N) is 2. The molecular weight excluding hydrogens is 156 g/mol. The van der Waals surface area contributed by atoms with Gasteiger partial charge in [-0.25, -0.2) is 4.79 Å². The van der Waals surface area contributed by atoms with E-state index in [1.807, 2.05) is 0 Å². The van der Waals surface area contributed by atoms with Crippen LogP contribution >= 0.6 is 0 Å². The first kappa shape index (κ1) is 8.68. The molecule has 0 saturated heterocycles. The van der Waals surface area contributed by atoms with E-state index in [-0.39, 0.29) is 0 Å². The van der Waals surface area contributed by atoms with E-state index < -0.39 is 0 Å².